The lowest BCUT2D eigenvalue weighted by Gasteiger charge is -2.12. The maximum absolute atomic E-state index is 5.26. The van der Waals surface area contributed by atoms with Crippen molar-refractivity contribution in [1.29, 1.82) is 0 Å². The van der Waals surface area contributed by atoms with Crippen LogP contribution in [0.2, 0.25) is 0 Å². The average molecular weight is 716 g/mol. The molecule has 0 fully saturated rings. The maximum Gasteiger partial charge on any atom is 0.182 e. The first-order valence-corrected chi connectivity index (χ1v) is 19.1. The molecule has 0 atom stereocenters. The summed E-state index contributed by atoms with van der Waals surface area (Å²) in [5.41, 5.74) is 15.1. The van der Waals surface area contributed by atoms with E-state index in [9.17, 15) is 0 Å². The first-order valence-electron chi connectivity index (χ1n) is 19.1. The molecule has 262 valence electrons. The molecule has 12 rings (SSSR count). The van der Waals surface area contributed by atoms with Crippen LogP contribution in [-0.4, -0.2) is 23.9 Å². The SMILES string of the molecule is c1ccc(-c2nc(-c3cccc(-n4c5ccccc5c5ccccc54)c3)n(-c3ccc4c(c3)-c3cc(-n5c6ccccc6c6ccccc65)ccc3C4)n2)cc1. The number of para-hydroxylation sites is 4. The normalized spacial score (nSPS) is 12.2. The molecule has 5 heteroatoms. The van der Waals surface area contributed by atoms with Crippen molar-refractivity contribution >= 4 is 43.6 Å². The Kier molecular flexibility index (Phi) is 6.63. The number of nitrogens with zero attached hydrogens (tertiary/aromatic N) is 5. The van der Waals surface area contributed by atoms with Gasteiger partial charge in [0.2, 0.25) is 0 Å². The number of rotatable bonds is 5. The zero-order chi connectivity index (χ0) is 36.7. The zero-order valence-electron chi connectivity index (χ0n) is 30.3. The second kappa shape index (κ2) is 12.0. The molecule has 1 aliphatic rings. The van der Waals surface area contributed by atoms with Crippen molar-refractivity contribution in [3.05, 3.63) is 199 Å². The van der Waals surface area contributed by atoms with Crippen molar-refractivity contribution < 1.29 is 0 Å². The Morgan fingerprint density at radius 2 is 0.839 bits per heavy atom. The molecule has 0 spiro atoms. The summed E-state index contributed by atoms with van der Waals surface area (Å²) in [4.78, 5) is 5.26. The molecule has 56 heavy (non-hydrogen) atoms. The van der Waals surface area contributed by atoms with E-state index < -0.39 is 0 Å². The average Bonchev–Trinajstić information content (AvgIpc) is 4.03. The van der Waals surface area contributed by atoms with E-state index in [0.29, 0.717) is 5.82 Å². The van der Waals surface area contributed by atoms with Crippen LogP contribution >= 0.6 is 0 Å². The number of hydrogen-bond acceptors (Lipinski definition) is 2. The van der Waals surface area contributed by atoms with Gasteiger partial charge in [0.15, 0.2) is 11.6 Å². The largest absolute Gasteiger partial charge is 0.309 e. The van der Waals surface area contributed by atoms with E-state index in [0.717, 1.165) is 40.4 Å². The van der Waals surface area contributed by atoms with E-state index in [1.807, 2.05) is 22.9 Å². The third kappa shape index (κ3) is 4.61. The summed E-state index contributed by atoms with van der Waals surface area (Å²) in [6.07, 6.45) is 0.901. The van der Waals surface area contributed by atoms with Gasteiger partial charge < -0.3 is 9.13 Å². The summed E-state index contributed by atoms with van der Waals surface area (Å²) in [6.45, 7) is 0. The van der Waals surface area contributed by atoms with Crippen LogP contribution in [0.15, 0.2) is 188 Å². The molecule has 0 saturated carbocycles. The minimum atomic E-state index is 0.692. The van der Waals surface area contributed by atoms with E-state index in [-0.39, 0.29) is 0 Å². The molecule has 3 heterocycles. The van der Waals surface area contributed by atoms with Gasteiger partial charge in [-0.2, -0.15) is 0 Å². The van der Waals surface area contributed by atoms with E-state index in [4.69, 9.17) is 10.1 Å². The number of aromatic nitrogens is 5. The predicted octanol–water partition coefficient (Wildman–Crippen LogP) is 12.4. The van der Waals surface area contributed by atoms with Crippen LogP contribution in [-0.2, 0) is 6.42 Å². The lowest BCUT2D eigenvalue weighted by molar-refractivity contribution is 0.890. The molecular weight excluding hydrogens is 683 g/mol. The second-order valence-corrected chi connectivity index (χ2v) is 14.7. The van der Waals surface area contributed by atoms with Crippen molar-refractivity contribution in [2.75, 3.05) is 0 Å². The molecule has 3 aromatic heterocycles. The summed E-state index contributed by atoms with van der Waals surface area (Å²) >= 11 is 0. The van der Waals surface area contributed by atoms with Gasteiger partial charge in [0.05, 0.1) is 27.8 Å². The molecule has 0 unspecified atom stereocenters. The molecule has 0 amide bonds. The smallest absolute Gasteiger partial charge is 0.182 e. The van der Waals surface area contributed by atoms with Gasteiger partial charge in [-0.1, -0.05) is 127 Å². The third-order valence-electron chi connectivity index (χ3n) is 11.5. The lowest BCUT2D eigenvalue weighted by Crippen LogP contribution is -2.01. The Hall–Kier alpha value is -7.50. The monoisotopic (exact) mass is 715 g/mol. The molecule has 5 nitrogen and oxygen atoms in total. The fourth-order valence-corrected chi connectivity index (χ4v) is 8.99. The summed E-state index contributed by atoms with van der Waals surface area (Å²) < 4.78 is 6.79. The van der Waals surface area contributed by atoms with E-state index in [2.05, 4.69) is 179 Å². The lowest BCUT2D eigenvalue weighted by atomic mass is 10.0. The Morgan fingerprint density at radius 3 is 1.41 bits per heavy atom. The quantitative estimate of drug-likeness (QED) is 0.178. The van der Waals surface area contributed by atoms with Crippen molar-refractivity contribution in [2.24, 2.45) is 0 Å². The van der Waals surface area contributed by atoms with Crippen LogP contribution in [0.25, 0.3) is 94.6 Å². The molecule has 0 bridgehead atoms. The Bertz CT molecular complexity index is 3240. The zero-order valence-corrected chi connectivity index (χ0v) is 30.3. The Balaban J connectivity index is 1.02. The van der Waals surface area contributed by atoms with Gasteiger partial charge in [-0.05, 0) is 89.3 Å². The van der Waals surface area contributed by atoms with Crippen LogP contribution in [0.4, 0.5) is 0 Å². The third-order valence-corrected chi connectivity index (χ3v) is 11.5. The van der Waals surface area contributed by atoms with Gasteiger partial charge in [-0.25, -0.2) is 9.67 Å². The van der Waals surface area contributed by atoms with Gasteiger partial charge in [-0.15, -0.1) is 5.10 Å². The molecule has 0 saturated heterocycles. The molecule has 0 N–H and O–H groups in total. The van der Waals surface area contributed by atoms with E-state index >= 15 is 0 Å². The van der Waals surface area contributed by atoms with Crippen molar-refractivity contribution in [1.82, 2.24) is 23.9 Å². The summed E-state index contributed by atoms with van der Waals surface area (Å²) in [5, 5.41) is 10.2. The standard InChI is InChI=1S/C51H33N5/c1-2-13-33(14-3-1)50-52-51(36-15-12-16-37(30-36)54-46-21-8-4-17-40(46)41-18-5-9-22-47(41)54)56(53-50)39-28-26-35-29-34-25-27-38(31-44(34)45(35)32-39)55-48-23-10-6-19-42(48)43-20-7-11-24-49(43)55/h1-28,30-32H,29H2. The van der Waals surface area contributed by atoms with Crippen LogP contribution < -0.4 is 0 Å². The first-order chi connectivity index (χ1) is 27.8. The van der Waals surface area contributed by atoms with Gasteiger partial charge in [0, 0.05) is 44.0 Å². The fourth-order valence-electron chi connectivity index (χ4n) is 8.99. The topological polar surface area (TPSA) is 40.6 Å². The highest BCUT2D eigenvalue weighted by atomic mass is 15.4. The summed E-state index contributed by atoms with van der Waals surface area (Å²) in [5.74, 6) is 1.49. The number of hydrogen-bond donors (Lipinski definition) is 0. The maximum atomic E-state index is 5.26. The summed E-state index contributed by atoms with van der Waals surface area (Å²) in [6, 6.07) is 67.4. The fraction of sp³-hybridized carbons (Fsp3) is 0.0196. The molecule has 0 aliphatic heterocycles. The van der Waals surface area contributed by atoms with E-state index in [1.165, 1.54) is 65.9 Å². The van der Waals surface area contributed by atoms with Crippen molar-refractivity contribution in [3.8, 4) is 51.0 Å². The number of fused-ring (bicyclic) bond motifs is 9. The molecule has 1 aliphatic carbocycles. The highest BCUT2D eigenvalue weighted by Gasteiger charge is 2.23. The molecule has 8 aromatic carbocycles. The van der Waals surface area contributed by atoms with Crippen molar-refractivity contribution in [2.45, 2.75) is 6.42 Å². The van der Waals surface area contributed by atoms with Crippen LogP contribution in [0.1, 0.15) is 11.1 Å². The molecule has 0 radical (unpaired) electrons. The Morgan fingerprint density at radius 1 is 0.375 bits per heavy atom. The Labute approximate surface area is 323 Å². The highest BCUT2D eigenvalue weighted by Crippen LogP contribution is 2.41. The minimum Gasteiger partial charge on any atom is -0.309 e. The van der Waals surface area contributed by atoms with Gasteiger partial charge >= 0.3 is 0 Å². The summed E-state index contributed by atoms with van der Waals surface area (Å²) in [7, 11) is 0. The van der Waals surface area contributed by atoms with E-state index in [1.54, 1.807) is 0 Å². The van der Waals surface area contributed by atoms with Gasteiger partial charge in [0.1, 0.15) is 0 Å². The van der Waals surface area contributed by atoms with Crippen molar-refractivity contribution in [3.63, 3.8) is 0 Å². The predicted molar refractivity (Wildman–Crippen MR) is 229 cm³/mol. The van der Waals surface area contributed by atoms with Gasteiger partial charge in [0.25, 0.3) is 0 Å². The molecular formula is C51H33N5. The van der Waals surface area contributed by atoms with Crippen LogP contribution in [0, 0.1) is 0 Å². The first kappa shape index (κ1) is 30.9. The minimum absolute atomic E-state index is 0.692. The van der Waals surface area contributed by atoms with Crippen LogP contribution in [0.5, 0.6) is 0 Å². The van der Waals surface area contributed by atoms with Crippen LogP contribution in [0.3, 0.4) is 0 Å². The number of benzene rings is 8. The highest BCUT2D eigenvalue weighted by molar-refractivity contribution is 6.10. The van der Waals surface area contributed by atoms with Gasteiger partial charge in [-0.3, -0.25) is 0 Å². The molecule has 11 aromatic rings. The second-order valence-electron chi connectivity index (χ2n) is 14.7.